The van der Waals surface area contributed by atoms with Crippen LogP contribution in [0, 0.1) is 5.92 Å². The average molecular weight is 299 g/mol. The molecule has 2 aliphatic rings. The Balaban J connectivity index is 2.25. The normalized spacial score (nSPS) is 35.3. The molecule has 0 aromatic carbocycles. The average Bonchev–Trinajstić information content (AvgIpc) is 2.74. The third-order valence-electron chi connectivity index (χ3n) is 4.03. The molecule has 3 unspecified atom stereocenters. The fraction of sp³-hybridized carbons (Fsp3) is 0.909. The van der Waals surface area contributed by atoms with Crippen LogP contribution in [0.15, 0.2) is 0 Å². The lowest BCUT2D eigenvalue weighted by molar-refractivity contribution is -0.224. The molecule has 2 heterocycles. The summed E-state index contributed by atoms with van der Waals surface area (Å²) in [4.78, 5) is 11.1. The van der Waals surface area contributed by atoms with Crippen molar-refractivity contribution < 1.29 is 27.8 Å². The number of halogens is 3. The van der Waals surface area contributed by atoms with Crippen molar-refractivity contribution >= 4 is 17.7 Å². The molecule has 2 fully saturated rings. The molecule has 0 aliphatic carbocycles. The first kappa shape index (κ1) is 14.9. The second-order valence-corrected chi connectivity index (χ2v) is 6.30. The van der Waals surface area contributed by atoms with E-state index in [4.69, 9.17) is 15.6 Å². The molecular weight excluding hydrogens is 283 g/mol. The second kappa shape index (κ2) is 4.82. The summed E-state index contributed by atoms with van der Waals surface area (Å²) < 4.78 is 44.8. The first-order valence-corrected chi connectivity index (χ1v) is 7.17. The lowest BCUT2D eigenvalue weighted by atomic mass is 9.73. The van der Waals surface area contributed by atoms with Gasteiger partial charge in [0.15, 0.2) is 0 Å². The maximum absolute atomic E-state index is 13.1. The highest BCUT2D eigenvalue weighted by Gasteiger charge is 2.64. The summed E-state index contributed by atoms with van der Waals surface area (Å²) in [6, 6.07) is 0. The first-order valence-electron chi connectivity index (χ1n) is 6.02. The Morgan fingerprint density at radius 1 is 1.47 bits per heavy atom. The number of ether oxygens (including phenoxy) is 1. The van der Waals surface area contributed by atoms with E-state index < -0.39 is 29.2 Å². The highest BCUT2D eigenvalue weighted by atomic mass is 32.2. The van der Waals surface area contributed by atoms with Gasteiger partial charge in [0.2, 0.25) is 5.54 Å². The predicted octanol–water partition coefficient (Wildman–Crippen LogP) is 1.63. The zero-order valence-corrected chi connectivity index (χ0v) is 11.0. The minimum atomic E-state index is -4.96. The third kappa shape index (κ3) is 2.45. The summed E-state index contributed by atoms with van der Waals surface area (Å²) in [5, 5.41) is 8.96. The quantitative estimate of drug-likeness (QED) is 0.811. The van der Waals surface area contributed by atoms with Crippen LogP contribution in [-0.2, 0) is 9.53 Å². The van der Waals surface area contributed by atoms with E-state index in [1.165, 1.54) is 0 Å². The van der Waals surface area contributed by atoms with Crippen LogP contribution in [0.3, 0.4) is 0 Å². The number of aliphatic carboxylic acids is 1. The van der Waals surface area contributed by atoms with Crippen LogP contribution >= 0.6 is 11.8 Å². The molecule has 2 saturated heterocycles. The molecule has 2 aliphatic heterocycles. The molecule has 0 aromatic heterocycles. The molecule has 3 N–H and O–H groups in total. The summed E-state index contributed by atoms with van der Waals surface area (Å²) in [6.45, 7) is 0.132. The zero-order valence-electron chi connectivity index (χ0n) is 10.2. The van der Waals surface area contributed by atoms with Crippen LogP contribution in [-0.4, -0.2) is 46.5 Å². The van der Waals surface area contributed by atoms with Crippen LogP contribution in [0.2, 0.25) is 0 Å². The monoisotopic (exact) mass is 299 g/mol. The first-order chi connectivity index (χ1) is 8.71. The Morgan fingerprint density at radius 2 is 2.16 bits per heavy atom. The van der Waals surface area contributed by atoms with Gasteiger partial charge in [0.05, 0.1) is 5.60 Å². The summed E-state index contributed by atoms with van der Waals surface area (Å²) in [5.41, 5.74) is 1.45. The number of thioether (sulfide) groups is 1. The molecule has 19 heavy (non-hydrogen) atoms. The smallest absolute Gasteiger partial charge is 0.417 e. The summed E-state index contributed by atoms with van der Waals surface area (Å²) in [5.74, 6) is -1.72. The van der Waals surface area contributed by atoms with Gasteiger partial charge < -0.3 is 15.6 Å². The molecule has 110 valence electrons. The lowest BCUT2D eigenvalue weighted by Gasteiger charge is -2.44. The van der Waals surface area contributed by atoms with Crippen molar-refractivity contribution in [1.29, 1.82) is 0 Å². The molecule has 8 heteroatoms. The molecule has 4 nitrogen and oxygen atoms in total. The van der Waals surface area contributed by atoms with Crippen molar-refractivity contribution in [2.24, 2.45) is 11.7 Å². The van der Waals surface area contributed by atoms with E-state index in [9.17, 15) is 18.0 Å². The van der Waals surface area contributed by atoms with Gasteiger partial charge in [0.1, 0.15) is 0 Å². The van der Waals surface area contributed by atoms with Crippen molar-refractivity contribution in [3.63, 3.8) is 0 Å². The standard InChI is InChI=1S/C11H16F3NO3S/c12-11(13,14)10(15,8(16)17)7-1-3-18-9(5-7)2-4-19-6-9/h7H,1-6,15H2,(H,16,17). The number of hydrogen-bond acceptors (Lipinski definition) is 4. The van der Waals surface area contributed by atoms with E-state index >= 15 is 0 Å². The van der Waals surface area contributed by atoms with Gasteiger partial charge in [0.25, 0.3) is 0 Å². The molecule has 3 atom stereocenters. The molecule has 1 spiro atoms. The Labute approximate surface area is 112 Å². The van der Waals surface area contributed by atoms with E-state index in [0.717, 1.165) is 5.75 Å². The van der Waals surface area contributed by atoms with Crippen LogP contribution in [0.1, 0.15) is 19.3 Å². The van der Waals surface area contributed by atoms with Crippen LogP contribution < -0.4 is 5.73 Å². The van der Waals surface area contributed by atoms with Crippen LogP contribution in [0.5, 0.6) is 0 Å². The minimum absolute atomic E-state index is 0.0225. The maximum Gasteiger partial charge on any atom is 0.417 e. The number of hydrogen-bond donors (Lipinski definition) is 2. The number of carboxylic acids is 1. The Hall–Kier alpha value is -0.470. The summed E-state index contributed by atoms with van der Waals surface area (Å²) in [7, 11) is 0. The van der Waals surface area contributed by atoms with E-state index in [1.807, 2.05) is 0 Å². The zero-order chi connectivity index (χ0) is 14.3. The van der Waals surface area contributed by atoms with Gasteiger partial charge in [-0.15, -0.1) is 0 Å². The Bertz CT molecular complexity index is 371. The van der Waals surface area contributed by atoms with E-state index in [0.29, 0.717) is 12.2 Å². The molecule has 0 saturated carbocycles. The molecule has 0 radical (unpaired) electrons. The van der Waals surface area contributed by atoms with Crippen molar-refractivity contribution in [3.8, 4) is 0 Å². The largest absolute Gasteiger partial charge is 0.480 e. The fourth-order valence-electron chi connectivity index (χ4n) is 2.81. The molecule has 0 amide bonds. The van der Waals surface area contributed by atoms with Crippen molar-refractivity contribution in [2.75, 3.05) is 18.1 Å². The molecule has 0 aromatic rings. The van der Waals surface area contributed by atoms with Gasteiger partial charge in [-0.3, -0.25) is 0 Å². The van der Waals surface area contributed by atoms with Crippen molar-refractivity contribution in [3.05, 3.63) is 0 Å². The van der Waals surface area contributed by atoms with E-state index in [1.54, 1.807) is 11.8 Å². The Morgan fingerprint density at radius 3 is 2.63 bits per heavy atom. The molecular formula is C11H16F3NO3S. The lowest BCUT2D eigenvalue weighted by Crippen LogP contribution is -2.66. The van der Waals surface area contributed by atoms with Gasteiger partial charge in [0, 0.05) is 18.3 Å². The summed E-state index contributed by atoms with van der Waals surface area (Å²) in [6.07, 6.45) is -4.23. The minimum Gasteiger partial charge on any atom is -0.480 e. The van der Waals surface area contributed by atoms with E-state index in [-0.39, 0.29) is 19.4 Å². The topological polar surface area (TPSA) is 72.6 Å². The van der Waals surface area contributed by atoms with Crippen LogP contribution in [0.4, 0.5) is 13.2 Å². The Kier molecular flexibility index (Phi) is 3.79. The maximum atomic E-state index is 13.1. The number of rotatable bonds is 2. The fourth-order valence-corrected chi connectivity index (χ4v) is 4.19. The summed E-state index contributed by atoms with van der Waals surface area (Å²) >= 11 is 1.61. The molecule has 0 bridgehead atoms. The number of carbonyl (C=O) groups is 1. The highest BCUT2D eigenvalue weighted by Crippen LogP contribution is 2.46. The molecule has 2 rings (SSSR count). The van der Waals surface area contributed by atoms with Gasteiger partial charge in [-0.25, -0.2) is 4.79 Å². The third-order valence-corrected chi connectivity index (χ3v) is 5.25. The van der Waals surface area contributed by atoms with Gasteiger partial charge in [-0.05, 0) is 25.0 Å². The van der Waals surface area contributed by atoms with Gasteiger partial charge >= 0.3 is 12.1 Å². The van der Waals surface area contributed by atoms with Crippen LogP contribution in [0.25, 0.3) is 0 Å². The van der Waals surface area contributed by atoms with Crippen molar-refractivity contribution in [2.45, 2.75) is 36.6 Å². The van der Waals surface area contributed by atoms with Crippen molar-refractivity contribution in [1.82, 2.24) is 0 Å². The number of nitrogens with two attached hydrogens (primary N) is 1. The number of alkyl halides is 3. The SMILES string of the molecule is NC(C(=O)O)(C1CCOC2(CCSC2)C1)C(F)(F)F. The second-order valence-electron chi connectivity index (χ2n) is 5.20. The van der Waals surface area contributed by atoms with Gasteiger partial charge in [-0.2, -0.15) is 24.9 Å². The number of carboxylic acid groups (broad SMARTS) is 1. The predicted molar refractivity (Wildman–Crippen MR) is 64.0 cm³/mol. The van der Waals surface area contributed by atoms with Gasteiger partial charge in [-0.1, -0.05) is 0 Å². The highest BCUT2D eigenvalue weighted by molar-refractivity contribution is 7.99. The van der Waals surface area contributed by atoms with E-state index in [2.05, 4.69) is 0 Å².